The Labute approximate surface area is 162 Å². The zero-order valence-corrected chi connectivity index (χ0v) is 16.2. The van der Waals surface area contributed by atoms with Crippen molar-refractivity contribution in [2.45, 2.75) is 11.8 Å². The summed E-state index contributed by atoms with van der Waals surface area (Å²) in [7, 11) is -3.71. The van der Waals surface area contributed by atoms with E-state index in [-0.39, 0.29) is 4.90 Å². The van der Waals surface area contributed by atoms with Crippen molar-refractivity contribution in [1.29, 1.82) is 0 Å². The maximum absolute atomic E-state index is 13.8. The van der Waals surface area contributed by atoms with Crippen molar-refractivity contribution in [3.63, 3.8) is 0 Å². The SMILES string of the molecule is Cc1ccc(S(=O)(=O)N2CCN(c3cc(-c4ccncc4)[nH]n3)CC2)cc1F. The number of benzene rings is 1. The second-order valence-electron chi connectivity index (χ2n) is 6.68. The van der Waals surface area contributed by atoms with Crippen LogP contribution in [-0.4, -0.2) is 54.1 Å². The number of anilines is 1. The number of hydrogen-bond donors (Lipinski definition) is 1. The van der Waals surface area contributed by atoms with Gasteiger partial charge < -0.3 is 4.90 Å². The fraction of sp³-hybridized carbons (Fsp3) is 0.263. The maximum Gasteiger partial charge on any atom is 0.243 e. The summed E-state index contributed by atoms with van der Waals surface area (Å²) in [5.74, 6) is 0.255. The third kappa shape index (κ3) is 3.50. The van der Waals surface area contributed by atoms with Crippen LogP contribution < -0.4 is 4.90 Å². The minimum atomic E-state index is -3.71. The quantitative estimate of drug-likeness (QED) is 0.726. The van der Waals surface area contributed by atoms with Crippen molar-refractivity contribution in [3.8, 4) is 11.3 Å². The number of H-pyrrole nitrogens is 1. The summed E-state index contributed by atoms with van der Waals surface area (Å²) in [6.45, 7) is 3.25. The van der Waals surface area contributed by atoms with Gasteiger partial charge in [0.2, 0.25) is 10.0 Å². The molecule has 9 heteroatoms. The molecule has 1 aliphatic heterocycles. The Balaban J connectivity index is 1.46. The highest BCUT2D eigenvalue weighted by atomic mass is 32.2. The molecule has 1 N–H and O–H groups in total. The molecular weight excluding hydrogens is 381 g/mol. The molecule has 1 fully saturated rings. The van der Waals surface area contributed by atoms with Crippen LogP contribution in [0.5, 0.6) is 0 Å². The van der Waals surface area contributed by atoms with E-state index in [1.807, 2.05) is 23.1 Å². The molecule has 3 aromatic rings. The lowest BCUT2D eigenvalue weighted by Gasteiger charge is -2.34. The third-order valence-electron chi connectivity index (χ3n) is 4.90. The second kappa shape index (κ2) is 7.33. The lowest BCUT2D eigenvalue weighted by atomic mass is 10.2. The van der Waals surface area contributed by atoms with Gasteiger partial charge in [-0.3, -0.25) is 10.1 Å². The van der Waals surface area contributed by atoms with Crippen molar-refractivity contribution in [2.75, 3.05) is 31.1 Å². The van der Waals surface area contributed by atoms with Crippen LogP contribution in [-0.2, 0) is 10.0 Å². The summed E-state index contributed by atoms with van der Waals surface area (Å²) in [5.41, 5.74) is 2.28. The number of pyridine rings is 1. The molecule has 0 saturated carbocycles. The highest BCUT2D eigenvalue weighted by Crippen LogP contribution is 2.24. The summed E-state index contributed by atoms with van der Waals surface area (Å²) in [6, 6.07) is 9.75. The van der Waals surface area contributed by atoms with Gasteiger partial charge >= 0.3 is 0 Å². The second-order valence-corrected chi connectivity index (χ2v) is 8.62. The van der Waals surface area contributed by atoms with Crippen LogP contribution in [0.4, 0.5) is 10.2 Å². The van der Waals surface area contributed by atoms with Gasteiger partial charge in [-0.25, -0.2) is 12.8 Å². The standard InChI is InChI=1S/C19H20FN5O2S/c1-14-2-3-16(12-17(14)20)28(26,27)25-10-8-24(9-11-25)19-13-18(22-23-19)15-4-6-21-7-5-15/h2-7,12-13H,8-11H2,1H3,(H,22,23). The summed E-state index contributed by atoms with van der Waals surface area (Å²) >= 11 is 0. The number of sulfonamides is 1. The molecule has 0 spiro atoms. The van der Waals surface area contributed by atoms with Crippen LogP contribution in [0.1, 0.15) is 5.56 Å². The van der Waals surface area contributed by atoms with Crippen molar-refractivity contribution in [1.82, 2.24) is 19.5 Å². The number of nitrogens with one attached hydrogen (secondary N) is 1. The van der Waals surface area contributed by atoms with Crippen LogP contribution in [0.25, 0.3) is 11.3 Å². The van der Waals surface area contributed by atoms with Gasteiger partial charge in [0.05, 0.1) is 10.6 Å². The first-order chi connectivity index (χ1) is 13.4. The molecule has 0 atom stereocenters. The number of hydrogen-bond acceptors (Lipinski definition) is 5. The molecule has 1 aliphatic rings. The summed E-state index contributed by atoms with van der Waals surface area (Å²) in [4.78, 5) is 6.02. The molecule has 0 bridgehead atoms. The molecule has 1 saturated heterocycles. The zero-order valence-electron chi connectivity index (χ0n) is 15.3. The van der Waals surface area contributed by atoms with Gasteiger partial charge in [0, 0.05) is 50.2 Å². The normalized spacial score (nSPS) is 15.7. The first kappa shape index (κ1) is 18.6. The molecule has 28 heavy (non-hydrogen) atoms. The fourth-order valence-corrected chi connectivity index (χ4v) is 4.63. The zero-order chi connectivity index (χ0) is 19.7. The number of aromatic nitrogens is 3. The van der Waals surface area contributed by atoms with Crippen LogP contribution in [0.2, 0.25) is 0 Å². The molecule has 146 valence electrons. The fourth-order valence-electron chi connectivity index (χ4n) is 3.19. The Morgan fingerprint density at radius 2 is 1.75 bits per heavy atom. The van der Waals surface area contributed by atoms with Crippen molar-refractivity contribution in [2.24, 2.45) is 0 Å². The molecule has 4 rings (SSSR count). The van der Waals surface area contributed by atoms with Gasteiger partial charge in [-0.05, 0) is 36.8 Å². The lowest BCUT2D eigenvalue weighted by Crippen LogP contribution is -2.48. The van der Waals surface area contributed by atoms with Crippen LogP contribution in [0.3, 0.4) is 0 Å². The Hall–Kier alpha value is -2.78. The van der Waals surface area contributed by atoms with E-state index in [1.165, 1.54) is 16.4 Å². The van der Waals surface area contributed by atoms with Gasteiger partial charge in [0.25, 0.3) is 0 Å². The predicted octanol–water partition coefficient (Wildman–Crippen LogP) is 2.43. The molecule has 1 aromatic carbocycles. The lowest BCUT2D eigenvalue weighted by molar-refractivity contribution is 0.383. The average molecular weight is 401 g/mol. The van der Waals surface area contributed by atoms with Crippen LogP contribution in [0.15, 0.2) is 53.7 Å². The molecule has 0 unspecified atom stereocenters. The topological polar surface area (TPSA) is 82.2 Å². The highest BCUT2D eigenvalue weighted by molar-refractivity contribution is 7.89. The number of nitrogens with zero attached hydrogens (tertiary/aromatic N) is 4. The monoisotopic (exact) mass is 401 g/mol. The van der Waals surface area contributed by atoms with E-state index in [9.17, 15) is 12.8 Å². The molecule has 2 aromatic heterocycles. The number of halogens is 1. The molecule has 0 aliphatic carbocycles. The van der Waals surface area contributed by atoms with E-state index >= 15 is 0 Å². The maximum atomic E-state index is 13.8. The van der Waals surface area contributed by atoms with Gasteiger partial charge in [-0.2, -0.15) is 9.40 Å². The van der Waals surface area contributed by atoms with E-state index in [4.69, 9.17) is 0 Å². The number of aryl methyl sites for hydroxylation is 1. The van der Waals surface area contributed by atoms with E-state index in [0.29, 0.717) is 31.7 Å². The van der Waals surface area contributed by atoms with Crippen LogP contribution in [0, 0.1) is 12.7 Å². The Morgan fingerprint density at radius 3 is 2.43 bits per heavy atom. The Morgan fingerprint density at radius 1 is 1.04 bits per heavy atom. The first-order valence-corrected chi connectivity index (χ1v) is 10.4. The van der Waals surface area contributed by atoms with E-state index in [0.717, 1.165) is 23.1 Å². The van der Waals surface area contributed by atoms with Crippen molar-refractivity contribution < 1.29 is 12.8 Å². The molecule has 0 radical (unpaired) electrons. The summed E-state index contributed by atoms with van der Waals surface area (Å²) < 4.78 is 40.8. The molecule has 7 nitrogen and oxygen atoms in total. The Kier molecular flexibility index (Phi) is 4.86. The van der Waals surface area contributed by atoms with E-state index < -0.39 is 15.8 Å². The highest BCUT2D eigenvalue weighted by Gasteiger charge is 2.29. The van der Waals surface area contributed by atoms with Gasteiger partial charge in [0.1, 0.15) is 5.82 Å². The van der Waals surface area contributed by atoms with E-state index in [1.54, 1.807) is 19.3 Å². The van der Waals surface area contributed by atoms with Gasteiger partial charge in [-0.1, -0.05) is 6.07 Å². The van der Waals surface area contributed by atoms with E-state index in [2.05, 4.69) is 15.2 Å². The average Bonchev–Trinajstić information content (AvgIpc) is 3.21. The minimum Gasteiger partial charge on any atom is -0.352 e. The van der Waals surface area contributed by atoms with Gasteiger partial charge in [0.15, 0.2) is 5.82 Å². The van der Waals surface area contributed by atoms with Crippen molar-refractivity contribution in [3.05, 3.63) is 60.2 Å². The van der Waals surface area contributed by atoms with Crippen LogP contribution >= 0.6 is 0 Å². The smallest absolute Gasteiger partial charge is 0.243 e. The number of piperazine rings is 1. The minimum absolute atomic E-state index is 0.0104. The molecule has 3 heterocycles. The number of rotatable bonds is 4. The summed E-state index contributed by atoms with van der Waals surface area (Å²) in [5, 5.41) is 7.35. The molecular formula is C19H20FN5O2S. The molecule has 0 amide bonds. The first-order valence-electron chi connectivity index (χ1n) is 8.92. The predicted molar refractivity (Wildman–Crippen MR) is 104 cm³/mol. The Bertz CT molecular complexity index is 1080. The van der Waals surface area contributed by atoms with Gasteiger partial charge in [-0.15, -0.1) is 0 Å². The third-order valence-corrected chi connectivity index (χ3v) is 6.79. The number of aromatic amines is 1. The van der Waals surface area contributed by atoms with Crippen molar-refractivity contribution >= 4 is 15.8 Å². The summed E-state index contributed by atoms with van der Waals surface area (Å²) in [6.07, 6.45) is 3.43. The largest absolute Gasteiger partial charge is 0.352 e.